The summed E-state index contributed by atoms with van der Waals surface area (Å²) in [6.07, 6.45) is 1.44. The fourth-order valence-corrected chi connectivity index (χ4v) is 2.72. The van der Waals surface area contributed by atoms with Gasteiger partial charge in [-0.25, -0.2) is 0 Å². The molecule has 1 aromatic rings. The Kier molecular flexibility index (Phi) is 3.73. The summed E-state index contributed by atoms with van der Waals surface area (Å²) in [5.41, 5.74) is 5.84. The van der Waals surface area contributed by atoms with Crippen LogP contribution in [0.2, 0.25) is 0 Å². The SMILES string of the molecule is COC1CCN(c2snc(N)c2OC(C)C)C1. The summed E-state index contributed by atoms with van der Waals surface area (Å²) < 4.78 is 15.3. The average Bonchev–Trinajstić information content (AvgIpc) is 2.86. The molecule has 0 radical (unpaired) electrons. The largest absolute Gasteiger partial charge is 0.484 e. The van der Waals surface area contributed by atoms with Gasteiger partial charge in [0.2, 0.25) is 0 Å². The summed E-state index contributed by atoms with van der Waals surface area (Å²) >= 11 is 1.40. The van der Waals surface area contributed by atoms with Gasteiger partial charge in [-0.1, -0.05) is 0 Å². The molecule has 96 valence electrons. The summed E-state index contributed by atoms with van der Waals surface area (Å²) in [5.74, 6) is 1.21. The molecule has 1 unspecified atom stereocenters. The van der Waals surface area contributed by atoms with Crippen LogP contribution < -0.4 is 15.4 Å². The lowest BCUT2D eigenvalue weighted by Gasteiger charge is -2.18. The third kappa shape index (κ3) is 2.63. The van der Waals surface area contributed by atoms with Crippen LogP contribution in [-0.4, -0.2) is 36.8 Å². The Labute approximate surface area is 106 Å². The van der Waals surface area contributed by atoms with Gasteiger partial charge in [-0.05, 0) is 31.8 Å². The van der Waals surface area contributed by atoms with Crippen molar-refractivity contribution >= 4 is 22.4 Å². The van der Waals surface area contributed by atoms with Crippen LogP contribution in [0.1, 0.15) is 20.3 Å². The molecule has 0 spiro atoms. The van der Waals surface area contributed by atoms with Gasteiger partial charge in [0.1, 0.15) is 0 Å². The van der Waals surface area contributed by atoms with E-state index in [0.29, 0.717) is 11.9 Å². The Morgan fingerprint density at radius 1 is 1.53 bits per heavy atom. The minimum Gasteiger partial charge on any atom is -0.484 e. The highest BCUT2D eigenvalue weighted by molar-refractivity contribution is 7.11. The number of hydrogen-bond donors (Lipinski definition) is 1. The van der Waals surface area contributed by atoms with Crippen LogP contribution in [-0.2, 0) is 4.74 Å². The van der Waals surface area contributed by atoms with Gasteiger partial charge in [0.05, 0.1) is 12.2 Å². The molecule has 0 aromatic carbocycles. The molecule has 5 nitrogen and oxygen atoms in total. The molecule has 1 aliphatic heterocycles. The number of nitrogen functional groups attached to an aromatic ring is 1. The number of anilines is 2. The predicted molar refractivity (Wildman–Crippen MR) is 69.9 cm³/mol. The second kappa shape index (κ2) is 5.10. The number of aromatic nitrogens is 1. The maximum Gasteiger partial charge on any atom is 0.198 e. The Hall–Kier alpha value is -1.01. The molecule has 0 bridgehead atoms. The zero-order valence-electron chi connectivity index (χ0n) is 10.5. The van der Waals surface area contributed by atoms with E-state index in [1.54, 1.807) is 7.11 Å². The van der Waals surface area contributed by atoms with E-state index >= 15 is 0 Å². The second-order valence-corrected chi connectivity index (χ2v) is 5.21. The van der Waals surface area contributed by atoms with E-state index in [0.717, 1.165) is 30.3 Å². The predicted octanol–water partition coefficient (Wildman–Crippen LogP) is 1.74. The van der Waals surface area contributed by atoms with Crippen molar-refractivity contribution in [2.24, 2.45) is 0 Å². The van der Waals surface area contributed by atoms with E-state index in [4.69, 9.17) is 15.2 Å². The molecule has 1 aromatic heterocycles. The van der Waals surface area contributed by atoms with Gasteiger partial charge < -0.3 is 20.1 Å². The minimum absolute atomic E-state index is 0.105. The number of rotatable bonds is 4. The van der Waals surface area contributed by atoms with Crippen molar-refractivity contribution in [1.29, 1.82) is 0 Å². The first-order valence-corrected chi connectivity index (χ1v) is 6.58. The third-order valence-corrected chi connectivity index (χ3v) is 3.68. The number of nitrogens with two attached hydrogens (primary N) is 1. The van der Waals surface area contributed by atoms with Gasteiger partial charge in [0, 0.05) is 20.2 Å². The topological polar surface area (TPSA) is 60.6 Å². The summed E-state index contributed by atoms with van der Waals surface area (Å²) in [6, 6.07) is 0. The normalized spacial score (nSPS) is 20.2. The van der Waals surface area contributed by atoms with Crippen molar-refractivity contribution in [2.45, 2.75) is 32.5 Å². The van der Waals surface area contributed by atoms with Crippen molar-refractivity contribution in [3.63, 3.8) is 0 Å². The molecular formula is C11H19N3O2S. The van der Waals surface area contributed by atoms with E-state index in [9.17, 15) is 0 Å². The maximum absolute atomic E-state index is 5.84. The quantitative estimate of drug-likeness (QED) is 0.890. The fourth-order valence-electron chi connectivity index (χ4n) is 1.94. The lowest BCUT2D eigenvalue weighted by Crippen LogP contribution is -2.22. The highest BCUT2D eigenvalue weighted by Gasteiger charge is 2.27. The zero-order chi connectivity index (χ0) is 12.4. The first-order chi connectivity index (χ1) is 8.11. The van der Waals surface area contributed by atoms with E-state index in [-0.39, 0.29) is 6.10 Å². The van der Waals surface area contributed by atoms with Gasteiger partial charge in [-0.3, -0.25) is 0 Å². The van der Waals surface area contributed by atoms with Crippen LogP contribution in [0.5, 0.6) is 5.75 Å². The van der Waals surface area contributed by atoms with Crippen LogP contribution >= 0.6 is 11.5 Å². The summed E-state index contributed by atoms with van der Waals surface area (Å²) in [5, 5.41) is 1.02. The lowest BCUT2D eigenvalue weighted by atomic mass is 10.3. The van der Waals surface area contributed by atoms with E-state index in [1.807, 2.05) is 13.8 Å². The molecule has 0 saturated carbocycles. The zero-order valence-corrected chi connectivity index (χ0v) is 11.3. The molecule has 17 heavy (non-hydrogen) atoms. The van der Waals surface area contributed by atoms with Crippen LogP contribution in [0, 0.1) is 0 Å². The summed E-state index contributed by atoms with van der Waals surface area (Å²) in [4.78, 5) is 2.24. The minimum atomic E-state index is 0.105. The van der Waals surface area contributed by atoms with E-state index in [2.05, 4.69) is 9.27 Å². The van der Waals surface area contributed by atoms with Gasteiger partial charge in [0.15, 0.2) is 16.6 Å². The summed E-state index contributed by atoms with van der Waals surface area (Å²) in [6.45, 7) is 5.83. The molecule has 1 fully saturated rings. The first kappa shape index (κ1) is 12.4. The third-order valence-electron chi connectivity index (χ3n) is 2.78. The molecular weight excluding hydrogens is 238 g/mol. The molecule has 0 aliphatic carbocycles. The number of hydrogen-bond acceptors (Lipinski definition) is 6. The Balaban J connectivity index is 2.15. The number of nitrogens with zero attached hydrogens (tertiary/aromatic N) is 2. The molecule has 0 amide bonds. The number of methoxy groups -OCH3 is 1. The highest BCUT2D eigenvalue weighted by atomic mass is 32.1. The van der Waals surface area contributed by atoms with Gasteiger partial charge in [-0.15, -0.1) is 0 Å². The smallest absolute Gasteiger partial charge is 0.198 e. The maximum atomic E-state index is 5.84. The van der Waals surface area contributed by atoms with Crippen molar-refractivity contribution in [1.82, 2.24) is 4.37 Å². The first-order valence-electron chi connectivity index (χ1n) is 5.81. The molecule has 1 saturated heterocycles. The van der Waals surface area contributed by atoms with Crippen molar-refractivity contribution < 1.29 is 9.47 Å². The van der Waals surface area contributed by atoms with Crippen LogP contribution in [0.25, 0.3) is 0 Å². The highest BCUT2D eigenvalue weighted by Crippen LogP contribution is 2.40. The molecule has 2 heterocycles. The molecule has 6 heteroatoms. The number of ether oxygens (including phenoxy) is 2. The molecule has 2 rings (SSSR count). The van der Waals surface area contributed by atoms with Crippen molar-refractivity contribution in [2.75, 3.05) is 30.8 Å². The van der Waals surface area contributed by atoms with Crippen LogP contribution in [0.4, 0.5) is 10.8 Å². The fraction of sp³-hybridized carbons (Fsp3) is 0.727. The van der Waals surface area contributed by atoms with Gasteiger partial charge >= 0.3 is 0 Å². The Morgan fingerprint density at radius 2 is 2.29 bits per heavy atom. The van der Waals surface area contributed by atoms with E-state index < -0.39 is 0 Å². The monoisotopic (exact) mass is 257 g/mol. The van der Waals surface area contributed by atoms with Crippen molar-refractivity contribution in [3.8, 4) is 5.75 Å². The lowest BCUT2D eigenvalue weighted by molar-refractivity contribution is 0.121. The van der Waals surface area contributed by atoms with Crippen molar-refractivity contribution in [3.05, 3.63) is 0 Å². The second-order valence-electron chi connectivity index (χ2n) is 4.46. The van der Waals surface area contributed by atoms with Gasteiger partial charge in [-0.2, -0.15) is 4.37 Å². The summed E-state index contributed by atoms with van der Waals surface area (Å²) in [7, 11) is 1.75. The van der Waals surface area contributed by atoms with E-state index in [1.165, 1.54) is 11.5 Å². The molecule has 1 atom stereocenters. The van der Waals surface area contributed by atoms with Gasteiger partial charge in [0.25, 0.3) is 0 Å². The standard InChI is InChI=1S/C11H19N3O2S/c1-7(2)16-9-10(12)13-17-11(9)14-5-4-8(6-14)15-3/h7-8H,4-6H2,1-3H3,(H2,12,13). The molecule has 2 N–H and O–H groups in total. The Morgan fingerprint density at radius 3 is 2.88 bits per heavy atom. The van der Waals surface area contributed by atoms with Crippen LogP contribution in [0.15, 0.2) is 0 Å². The molecule has 1 aliphatic rings. The Bertz CT molecular complexity index is 381. The average molecular weight is 257 g/mol. The van der Waals surface area contributed by atoms with Crippen LogP contribution in [0.3, 0.4) is 0 Å².